The molecule has 1 amide bonds. The van der Waals surface area contributed by atoms with Gasteiger partial charge in [0, 0.05) is 31.5 Å². The van der Waals surface area contributed by atoms with Gasteiger partial charge in [-0.15, -0.1) is 0 Å². The molecule has 48 heavy (non-hydrogen) atoms. The summed E-state index contributed by atoms with van der Waals surface area (Å²) in [5.41, 5.74) is 6.48. The van der Waals surface area contributed by atoms with Crippen molar-refractivity contribution in [2.24, 2.45) is 23.2 Å². The fourth-order valence-corrected chi connectivity index (χ4v) is 10.1. The van der Waals surface area contributed by atoms with E-state index in [2.05, 4.69) is 84.3 Å². The molecule has 2 N–H and O–H groups in total. The second-order valence-corrected chi connectivity index (χ2v) is 15.6. The summed E-state index contributed by atoms with van der Waals surface area (Å²) < 4.78 is 0. The number of phenols is 1. The molecule has 3 aromatic rings. The van der Waals surface area contributed by atoms with Crippen LogP contribution in [-0.4, -0.2) is 40.2 Å². The van der Waals surface area contributed by atoms with E-state index in [1.54, 1.807) is 0 Å². The molecule has 4 aliphatic rings. The average Bonchev–Trinajstić information content (AvgIpc) is 3.41. The molecule has 0 bridgehead atoms. The number of piperidine rings is 1. The van der Waals surface area contributed by atoms with E-state index in [0.29, 0.717) is 47.7 Å². The van der Waals surface area contributed by atoms with Gasteiger partial charge in [-0.05, 0) is 146 Å². The molecule has 7 rings (SSSR count). The van der Waals surface area contributed by atoms with Crippen molar-refractivity contribution in [1.82, 2.24) is 4.90 Å². The van der Waals surface area contributed by atoms with Gasteiger partial charge >= 0.3 is 0 Å². The quantitative estimate of drug-likeness (QED) is 0.191. The highest BCUT2D eigenvalue weighted by molar-refractivity contribution is 5.76. The van der Waals surface area contributed by atoms with E-state index in [1.807, 2.05) is 12.1 Å². The number of rotatable bonds is 8. The van der Waals surface area contributed by atoms with E-state index in [4.69, 9.17) is 0 Å². The molecule has 4 nitrogen and oxygen atoms in total. The van der Waals surface area contributed by atoms with Gasteiger partial charge in [-0.1, -0.05) is 73.7 Å². The topological polar surface area (TPSA) is 60.8 Å². The Bertz CT molecular complexity index is 1610. The number of carbonyl (C=O) groups excluding carboxylic acids is 1. The Kier molecular flexibility index (Phi) is 9.97. The van der Waals surface area contributed by atoms with Crippen LogP contribution in [-0.2, 0) is 17.6 Å². The maximum atomic E-state index is 12.8. The fourth-order valence-electron chi connectivity index (χ4n) is 10.1. The molecule has 0 unspecified atom stereocenters. The minimum absolute atomic E-state index is 0.0390. The summed E-state index contributed by atoms with van der Waals surface area (Å²) in [5.74, 6) is 10.0. The third-order valence-corrected chi connectivity index (χ3v) is 12.8. The first-order chi connectivity index (χ1) is 23.4. The molecule has 6 atom stereocenters. The van der Waals surface area contributed by atoms with Gasteiger partial charge in [0.15, 0.2) is 0 Å². The van der Waals surface area contributed by atoms with Crippen molar-refractivity contribution < 1.29 is 15.0 Å². The zero-order chi connectivity index (χ0) is 33.1. The first kappa shape index (κ1) is 33.0. The molecule has 1 aliphatic heterocycles. The van der Waals surface area contributed by atoms with Crippen LogP contribution in [0.4, 0.5) is 0 Å². The van der Waals surface area contributed by atoms with Gasteiger partial charge in [0.25, 0.3) is 0 Å². The van der Waals surface area contributed by atoms with Crippen LogP contribution in [0.1, 0.15) is 117 Å². The van der Waals surface area contributed by atoms with Crippen LogP contribution in [0.15, 0.2) is 72.8 Å². The summed E-state index contributed by atoms with van der Waals surface area (Å²) in [7, 11) is 0. The highest BCUT2D eigenvalue weighted by Crippen LogP contribution is 2.65. The lowest BCUT2D eigenvalue weighted by atomic mass is 9.51. The Morgan fingerprint density at radius 3 is 2.50 bits per heavy atom. The Hall–Kier alpha value is -3.55. The van der Waals surface area contributed by atoms with E-state index in [1.165, 1.54) is 22.3 Å². The molecule has 3 aliphatic carbocycles. The van der Waals surface area contributed by atoms with Gasteiger partial charge in [-0.25, -0.2) is 0 Å². The molecular weight excluding hydrogens is 590 g/mol. The number of aliphatic hydroxyl groups excluding tert-OH is 1. The van der Waals surface area contributed by atoms with Gasteiger partial charge in [0.2, 0.25) is 5.91 Å². The number of hydrogen-bond donors (Lipinski definition) is 2. The molecule has 4 heteroatoms. The molecule has 3 fully saturated rings. The van der Waals surface area contributed by atoms with Gasteiger partial charge in [0.1, 0.15) is 5.75 Å². The predicted octanol–water partition coefficient (Wildman–Crippen LogP) is 8.79. The van der Waals surface area contributed by atoms with E-state index < -0.39 is 0 Å². The van der Waals surface area contributed by atoms with Crippen molar-refractivity contribution >= 4 is 5.91 Å². The van der Waals surface area contributed by atoms with Gasteiger partial charge in [-0.3, -0.25) is 4.79 Å². The normalized spacial score (nSPS) is 28.1. The molecule has 252 valence electrons. The Balaban J connectivity index is 0.891. The molecule has 0 spiro atoms. The molecule has 0 radical (unpaired) electrons. The monoisotopic (exact) mass is 643 g/mol. The third-order valence-electron chi connectivity index (χ3n) is 12.8. The summed E-state index contributed by atoms with van der Waals surface area (Å²) in [6.45, 7) is 4.15. The van der Waals surface area contributed by atoms with E-state index in [0.717, 1.165) is 95.7 Å². The van der Waals surface area contributed by atoms with E-state index in [-0.39, 0.29) is 11.5 Å². The maximum absolute atomic E-state index is 12.8. The Morgan fingerprint density at radius 2 is 1.71 bits per heavy atom. The minimum Gasteiger partial charge on any atom is -0.508 e. The molecule has 2 saturated carbocycles. The average molecular weight is 644 g/mol. The van der Waals surface area contributed by atoms with Crippen molar-refractivity contribution in [3.63, 3.8) is 0 Å². The first-order valence-corrected chi connectivity index (χ1v) is 18.8. The lowest BCUT2D eigenvalue weighted by Gasteiger charge is -2.54. The summed E-state index contributed by atoms with van der Waals surface area (Å²) >= 11 is 0. The Morgan fingerprint density at radius 1 is 0.917 bits per heavy atom. The number of aliphatic hydroxyl groups is 1. The molecular formula is C44H53NO3. The lowest BCUT2D eigenvalue weighted by molar-refractivity contribution is -0.132. The third kappa shape index (κ3) is 6.95. The predicted molar refractivity (Wildman–Crippen MR) is 193 cm³/mol. The molecule has 1 heterocycles. The number of aromatic hydroxyl groups is 1. The zero-order valence-electron chi connectivity index (χ0n) is 28.7. The SMILES string of the molecule is C[C@]12C[C@H](c3ccc(C#CCCCCCC(=O)N4CCC(Cc5ccccc5)CC4)cc3)[C@@H]3c4ccc(O)cc4CC[C@H]3[C@@H]1CC[C@@H]2O. The second kappa shape index (κ2) is 14.5. The van der Waals surface area contributed by atoms with Crippen molar-refractivity contribution in [1.29, 1.82) is 0 Å². The molecule has 1 saturated heterocycles. The Labute approximate surface area is 288 Å². The molecule has 0 aromatic heterocycles. The highest BCUT2D eigenvalue weighted by atomic mass is 16.3. The van der Waals surface area contributed by atoms with Crippen molar-refractivity contribution in [2.45, 2.75) is 108 Å². The van der Waals surface area contributed by atoms with Crippen LogP contribution in [0.3, 0.4) is 0 Å². The van der Waals surface area contributed by atoms with Gasteiger partial charge < -0.3 is 15.1 Å². The number of amides is 1. The number of phenolic OH excluding ortho intramolecular Hbond substituents is 1. The maximum Gasteiger partial charge on any atom is 0.222 e. The van der Waals surface area contributed by atoms with Crippen molar-refractivity contribution in [3.05, 3.63) is 101 Å². The summed E-state index contributed by atoms with van der Waals surface area (Å²) in [6, 6.07) is 25.7. The summed E-state index contributed by atoms with van der Waals surface area (Å²) in [4.78, 5) is 14.9. The smallest absolute Gasteiger partial charge is 0.222 e. The van der Waals surface area contributed by atoms with Crippen LogP contribution < -0.4 is 0 Å². The van der Waals surface area contributed by atoms with Gasteiger partial charge in [-0.2, -0.15) is 0 Å². The molecule has 3 aromatic carbocycles. The van der Waals surface area contributed by atoms with Crippen molar-refractivity contribution in [2.75, 3.05) is 13.1 Å². The zero-order valence-corrected chi connectivity index (χ0v) is 28.7. The van der Waals surface area contributed by atoms with Crippen molar-refractivity contribution in [3.8, 4) is 17.6 Å². The number of hydrogen-bond acceptors (Lipinski definition) is 3. The van der Waals surface area contributed by atoms with Crippen LogP contribution >= 0.6 is 0 Å². The number of unbranched alkanes of at least 4 members (excludes halogenated alkanes) is 3. The number of fused-ring (bicyclic) bond motifs is 5. The van der Waals surface area contributed by atoms with E-state index >= 15 is 0 Å². The number of likely N-dealkylation sites (tertiary alicyclic amines) is 1. The first-order valence-electron chi connectivity index (χ1n) is 18.8. The van der Waals surface area contributed by atoms with E-state index in [9.17, 15) is 15.0 Å². The number of benzene rings is 3. The van der Waals surface area contributed by atoms with Gasteiger partial charge in [0.05, 0.1) is 6.10 Å². The summed E-state index contributed by atoms with van der Waals surface area (Å²) in [6.07, 6.45) is 12.8. The van der Waals surface area contributed by atoms with Crippen LogP contribution in [0.2, 0.25) is 0 Å². The summed E-state index contributed by atoms with van der Waals surface area (Å²) in [5, 5.41) is 21.4. The number of carbonyl (C=O) groups is 1. The second-order valence-electron chi connectivity index (χ2n) is 15.6. The van der Waals surface area contributed by atoms with Crippen LogP contribution in [0.5, 0.6) is 5.75 Å². The highest BCUT2D eigenvalue weighted by Gasteiger charge is 2.57. The lowest BCUT2D eigenvalue weighted by Crippen LogP contribution is -2.47. The number of nitrogens with zero attached hydrogens (tertiary/aromatic N) is 1. The standard InChI is InChI=1S/C44H53NO3/c1-44-30-39(43-37-21-19-36(46)29-35(37)18-20-38(43)40(44)22-23-41(44)47)34-16-14-31(15-17-34)10-6-3-2-4-9-13-42(48)45-26-24-33(25-27-45)28-32-11-7-5-8-12-32/h5,7-8,11-12,14-17,19,21,29,33,38-41,43,46-47H,2-4,9,13,18,20,22-28,30H2,1H3/t38-,39+,40-,41-,43+,44-/m0/s1. The fraction of sp³-hybridized carbons (Fsp3) is 0.523. The van der Waals surface area contributed by atoms with Crippen LogP contribution in [0, 0.1) is 35.0 Å². The van der Waals surface area contributed by atoms with Crippen LogP contribution in [0.25, 0.3) is 0 Å². The largest absolute Gasteiger partial charge is 0.508 e. The minimum atomic E-state index is -0.224. The number of aryl methyl sites for hydroxylation is 1.